The third-order valence-corrected chi connectivity index (χ3v) is 5.36. The first-order valence-corrected chi connectivity index (χ1v) is 9.61. The Morgan fingerprint density at radius 2 is 1.76 bits per heavy atom. The Hall–Kier alpha value is -3.02. The summed E-state index contributed by atoms with van der Waals surface area (Å²) in [7, 11) is 0. The number of fused-ring (bicyclic) bond motifs is 1. The molecule has 0 aliphatic carbocycles. The molecule has 29 heavy (non-hydrogen) atoms. The van der Waals surface area contributed by atoms with Gasteiger partial charge in [0.05, 0.1) is 11.3 Å². The number of alkyl halides is 3. The molecule has 0 saturated heterocycles. The molecule has 0 unspecified atom stereocenters. The highest BCUT2D eigenvalue weighted by molar-refractivity contribution is 6.05. The summed E-state index contributed by atoms with van der Waals surface area (Å²) in [5.41, 5.74) is 2.82. The van der Waals surface area contributed by atoms with Crippen LogP contribution in [0.15, 0.2) is 54.6 Å². The molecule has 2 aromatic carbocycles. The zero-order valence-electron chi connectivity index (χ0n) is 16.0. The lowest BCUT2D eigenvalue weighted by Gasteiger charge is -2.19. The van der Waals surface area contributed by atoms with Crippen LogP contribution in [0.2, 0.25) is 0 Å². The van der Waals surface area contributed by atoms with Crippen molar-refractivity contribution >= 4 is 11.6 Å². The van der Waals surface area contributed by atoms with E-state index in [2.05, 4.69) is 5.32 Å². The predicted octanol–water partition coefficient (Wildman–Crippen LogP) is 6.07. The maximum absolute atomic E-state index is 13.6. The van der Waals surface area contributed by atoms with E-state index >= 15 is 0 Å². The predicted molar refractivity (Wildman–Crippen MR) is 107 cm³/mol. The average molecular weight is 398 g/mol. The van der Waals surface area contributed by atoms with E-state index in [1.165, 1.54) is 6.07 Å². The molecule has 1 N–H and O–H groups in total. The van der Waals surface area contributed by atoms with Gasteiger partial charge < -0.3 is 9.88 Å². The van der Waals surface area contributed by atoms with E-state index in [1.54, 1.807) is 41.0 Å². The molecule has 2 heterocycles. The van der Waals surface area contributed by atoms with Crippen LogP contribution in [0.4, 0.5) is 18.9 Å². The van der Waals surface area contributed by atoms with Gasteiger partial charge in [-0.05, 0) is 61.6 Å². The number of nitrogens with one attached hydrogen (secondary N) is 1. The fourth-order valence-electron chi connectivity index (χ4n) is 3.91. The van der Waals surface area contributed by atoms with Crippen LogP contribution in [0.5, 0.6) is 0 Å². The Balaban J connectivity index is 1.64. The fraction of sp³-hybridized carbons (Fsp3) is 0.261. The highest BCUT2D eigenvalue weighted by atomic mass is 19.4. The molecule has 0 spiro atoms. The zero-order chi connectivity index (χ0) is 20.6. The summed E-state index contributed by atoms with van der Waals surface area (Å²) < 4.78 is 42.7. The molecule has 1 amide bonds. The lowest BCUT2D eigenvalue weighted by atomic mass is 10.1. The van der Waals surface area contributed by atoms with E-state index in [0.29, 0.717) is 29.8 Å². The van der Waals surface area contributed by atoms with Gasteiger partial charge in [0.1, 0.15) is 0 Å². The number of hydrogen-bond donors (Lipinski definition) is 1. The van der Waals surface area contributed by atoms with Crippen molar-refractivity contribution in [3.63, 3.8) is 0 Å². The van der Waals surface area contributed by atoms with Crippen molar-refractivity contribution < 1.29 is 18.0 Å². The van der Waals surface area contributed by atoms with E-state index in [-0.39, 0.29) is 11.6 Å². The van der Waals surface area contributed by atoms with Gasteiger partial charge in [0.2, 0.25) is 0 Å². The number of aromatic nitrogens is 1. The van der Waals surface area contributed by atoms with Gasteiger partial charge in [-0.15, -0.1) is 0 Å². The smallest absolute Gasteiger partial charge is 0.344 e. The Morgan fingerprint density at radius 1 is 1.03 bits per heavy atom. The third kappa shape index (κ3) is 3.79. The van der Waals surface area contributed by atoms with Crippen LogP contribution in [0.3, 0.4) is 0 Å². The summed E-state index contributed by atoms with van der Waals surface area (Å²) in [6, 6.07) is 15.1. The molecule has 0 fully saturated rings. The van der Waals surface area contributed by atoms with Crippen LogP contribution >= 0.6 is 0 Å². The van der Waals surface area contributed by atoms with E-state index < -0.39 is 11.7 Å². The van der Waals surface area contributed by atoms with Crippen molar-refractivity contribution in [2.45, 2.75) is 38.9 Å². The average Bonchev–Trinajstić information content (AvgIpc) is 3.09. The van der Waals surface area contributed by atoms with Gasteiger partial charge in [-0.25, -0.2) is 0 Å². The molecule has 3 aromatic rings. The summed E-state index contributed by atoms with van der Waals surface area (Å²) in [6.07, 6.45) is -1.97. The van der Waals surface area contributed by atoms with Gasteiger partial charge in [-0.1, -0.05) is 30.3 Å². The molecule has 6 heteroatoms. The van der Waals surface area contributed by atoms with Gasteiger partial charge in [0.25, 0.3) is 5.91 Å². The number of anilines is 1. The molecule has 0 bridgehead atoms. The van der Waals surface area contributed by atoms with Crippen molar-refractivity contribution in [1.82, 2.24) is 4.57 Å². The largest absolute Gasteiger partial charge is 0.418 e. The van der Waals surface area contributed by atoms with Crippen LogP contribution in [0.25, 0.3) is 11.3 Å². The first-order valence-electron chi connectivity index (χ1n) is 9.61. The Labute approximate surface area is 167 Å². The summed E-state index contributed by atoms with van der Waals surface area (Å²) in [5, 5.41) is 2.81. The molecule has 0 atom stereocenters. The molecule has 3 nitrogen and oxygen atoms in total. The number of amides is 1. The number of hydrogen-bond acceptors (Lipinski definition) is 1. The van der Waals surface area contributed by atoms with E-state index in [1.807, 2.05) is 19.1 Å². The maximum Gasteiger partial charge on any atom is 0.418 e. The van der Waals surface area contributed by atoms with E-state index in [4.69, 9.17) is 0 Å². The fourth-order valence-corrected chi connectivity index (χ4v) is 3.91. The van der Waals surface area contributed by atoms with Gasteiger partial charge in [-0.3, -0.25) is 4.79 Å². The number of carbonyl (C=O) groups excluding carboxylic acids is 1. The summed E-state index contributed by atoms with van der Waals surface area (Å²) >= 11 is 0. The Morgan fingerprint density at radius 3 is 2.45 bits per heavy atom. The molecular formula is C23H21F3N2O. The van der Waals surface area contributed by atoms with Crippen LogP contribution in [0.1, 0.15) is 40.0 Å². The van der Waals surface area contributed by atoms with Gasteiger partial charge in [-0.2, -0.15) is 13.2 Å². The van der Waals surface area contributed by atoms with Crippen LogP contribution in [0, 0.1) is 6.92 Å². The molecule has 1 aliphatic rings. The number of halogens is 3. The van der Waals surface area contributed by atoms with Crippen LogP contribution in [-0.2, 0) is 19.1 Å². The highest BCUT2D eigenvalue weighted by Gasteiger charge is 2.37. The lowest BCUT2D eigenvalue weighted by Crippen LogP contribution is -2.13. The van der Waals surface area contributed by atoms with E-state index in [9.17, 15) is 18.0 Å². The minimum absolute atomic E-state index is 0.212. The summed E-state index contributed by atoms with van der Waals surface area (Å²) in [4.78, 5) is 12.5. The first-order chi connectivity index (χ1) is 13.8. The molecular weight excluding hydrogens is 377 g/mol. The molecule has 4 rings (SSSR count). The number of rotatable bonds is 3. The molecule has 1 aromatic heterocycles. The van der Waals surface area contributed by atoms with Gasteiger partial charge in [0, 0.05) is 23.5 Å². The Kier molecular flexibility index (Phi) is 4.94. The lowest BCUT2D eigenvalue weighted by molar-refractivity contribution is -0.137. The van der Waals surface area contributed by atoms with Gasteiger partial charge >= 0.3 is 6.18 Å². The highest BCUT2D eigenvalue weighted by Crippen LogP contribution is 2.41. The summed E-state index contributed by atoms with van der Waals surface area (Å²) in [5.74, 6) is -0.244. The zero-order valence-corrected chi connectivity index (χ0v) is 16.0. The van der Waals surface area contributed by atoms with Crippen molar-refractivity contribution in [3.8, 4) is 11.3 Å². The summed E-state index contributed by atoms with van der Waals surface area (Å²) in [6.45, 7) is 2.44. The SMILES string of the molecule is Cc1ccccc1C(=O)Nc1ccc(-c2c(C(F)(F)F)cc3n2CCCC3)cc1. The molecule has 0 radical (unpaired) electrons. The van der Waals surface area contributed by atoms with Crippen LogP contribution in [-0.4, -0.2) is 10.5 Å². The second-order valence-electron chi connectivity index (χ2n) is 7.35. The van der Waals surface area contributed by atoms with Crippen molar-refractivity contribution in [1.29, 1.82) is 0 Å². The number of nitrogens with zero attached hydrogens (tertiary/aromatic N) is 1. The minimum Gasteiger partial charge on any atom is -0.344 e. The molecule has 0 saturated carbocycles. The van der Waals surface area contributed by atoms with Crippen LogP contribution < -0.4 is 5.32 Å². The monoisotopic (exact) mass is 398 g/mol. The number of aryl methyl sites for hydroxylation is 2. The van der Waals surface area contributed by atoms with Crippen molar-refractivity contribution in [3.05, 3.63) is 77.0 Å². The topological polar surface area (TPSA) is 34.0 Å². The first kappa shape index (κ1) is 19.3. The van der Waals surface area contributed by atoms with Gasteiger partial charge in [0.15, 0.2) is 0 Å². The molecule has 150 valence electrons. The van der Waals surface area contributed by atoms with E-state index in [0.717, 1.165) is 24.1 Å². The minimum atomic E-state index is -4.41. The Bertz CT molecular complexity index is 1050. The standard InChI is InChI=1S/C23H21F3N2O/c1-15-6-2-3-8-19(15)22(29)27-17-11-9-16(10-12-17)21-20(23(24,25)26)14-18-7-4-5-13-28(18)21/h2-3,6,8-12,14H,4-5,7,13H2,1H3,(H,27,29). The normalized spacial score (nSPS) is 13.8. The third-order valence-electron chi connectivity index (χ3n) is 5.36. The number of benzene rings is 2. The maximum atomic E-state index is 13.6. The molecule has 1 aliphatic heterocycles. The second-order valence-corrected chi connectivity index (χ2v) is 7.35. The van der Waals surface area contributed by atoms with Crippen molar-refractivity contribution in [2.75, 3.05) is 5.32 Å². The quantitative estimate of drug-likeness (QED) is 0.571. The second kappa shape index (κ2) is 7.43. The number of carbonyl (C=O) groups is 1. The van der Waals surface area contributed by atoms with Crippen molar-refractivity contribution in [2.24, 2.45) is 0 Å².